The van der Waals surface area contributed by atoms with E-state index in [2.05, 4.69) is 5.32 Å². The Labute approximate surface area is 156 Å². The third kappa shape index (κ3) is 4.46. The van der Waals surface area contributed by atoms with Gasteiger partial charge in [0.25, 0.3) is 11.8 Å². The Bertz CT molecular complexity index is 819. The molecule has 0 spiro atoms. The molecule has 1 saturated heterocycles. The molecule has 1 aromatic carbocycles. The molecule has 0 bridgehead atoms. The van der Waals surface area contributed by atoms with E-state index in [0.29, 0.717) is 43.9 Å². The molecule has 1 fully saturated rings. The molecule has 0 unspecified atom stereocenters. The fraction of sp³-hybridized carbons (Fsp3) is 0.316. The lowest BCUT2D eigenvalue weighted by Gasteiger charge is -2.21. The Morgan fingerprint density at radius 3 is 2.56 bits per heavy atom. The van der Waals surface area contributed by atoms with Gasteiger partial charge < -0.3 is 24.3 Å². The molecule has 8 nitrogen and oxygen atoms in total. The van der Waals surface area contributed by atoms with E-state index in [0.717, 1.165) is 0 Å². The molecule has 0 aliphatic carbocycles. The fourth-order valence-corrected chi connectivity index (χ4v) is 2.95. The number of amides is 3. The number of rotatable bonds is 3. The van der Waals surface area contributed by atoms with Gasteiger partial charge in [0.05, 0.1) is 13.4 Å². The van der Waals surface area contributed by atoms with Crippen molar-refractivity contribution < 1.29 is 23.5 Å². The van der Waals surface area contributed by atoms with Gasteiger partial charge >= 0.3 is 6.09 Å². The van der Waals surface area contributed by atoms with Crippen LogP contribution >= 0.6 is 0 Å². The summed E-state index contributed by atoms with van der Waals surface area (Å²) in [6.07, 6.45) is 1.72. The molecule has 0 radical (unpaired) electrons. The van der Waals surface area contributed by atoms with Crippen LogP contribution in [-0.2, 0) is 4.74 Å². The van der Waals surface area contributed by atoms with Crippen LogP contribution in [0.4, 0.5) is 10.5 Å². The average Bonchev–Trinajstić information content (AvgIpc) is 3.12. The van der Waals surface area contributed by atoms with E-state index < -0.39 is 0 Å². The summed E-state index contributed by atoms with van der Waals surface area (Å²) >= 11 is 0. The second-order valence-corrected chi connectivity index (χ2v) is 6.12. The predicted molar refractivity (Wildman–Crippen MR) is 97.6 cm³/mol. The molecule has 3 rings (SSSR count). The molecule has 0 saturated carbocycles. The number of hydrogen-bond acceptors (Lipinski definition) is 5. The normalized spacial score (nSPS) is 14.4. The van der Waals surface area contributed by atoms with Crippen molar-refractivity contribution in [2.24, 2.45) is 0 Å². The topological polar surface area (TPSA) is 92.1 Å². The molecular weight excluding hydrogens is 350 g/mol. The molecule has 27 heavy (non-hydrogen) atoms. The van der Waals surface area contributed by atoms with Crippen LogP contribution in [0.25, 0.3) is 0 Å². The van der Waals surface area contributed by atoms with Crippen molar-refractivity contribution in [3.63, 3.8) is 0 Å². The van der Waals surface area contributed by atoms with Crippen molar-refractivity contribution in [1.82, 2.24) is 9.80 Å². The summed E-state index contributed by atoms with van der Waals surface area (Å²) in [4.78, 5) is 39.9. The summed E-state index contributed by atoms with van der Waals surface area (Å²) in [5.41, 5.74) is 0.979. The van der Waals surface area contributed by atoms with Gasteiger partial charge in [0.15, 0.2) is 5.76 Å². The Kier molecular flexibility index (Phi) is 5.75. The molecule has 1 N–H and O–H groups in total. The number of carbonyl (C=O) groups excluding carboxylic acids is 3. The zero-order valence-corrected chi connectivity index (χ0v) is 15.0. The smallest absolute Gasteiger partial charge is 0.409 e. The highest BCUT2D eigenvalue weighted by Crippen LogP contribution is 2.16. The van der Waals surface area contributed by atoms with Crippen molar-refractivity contribution in [2.75, 3.05) is 38.6 Å². The maximum atomic E-state index is 12.8. The lowest BCUT2D eigenvalue weighted by molar-refractivity contribution is 0.0757. The summed E-state index contributed by atoms with van der Waals surface area (Å²) in [6, 6.07) is 9.95. The highest BCUT2D eigenvalue weighted by atomic mass is 16.5. The van der Waals surface area contributed by atoms with Gasteiger partial charge in [-0.15, -0.1) is 0 Å². The Morgan fingerprint density at radius 2 is 1.81 bits per heavy atom. The van der Waals surface area contributed by atoms with E-state index in [1.807, 2.05) is 0 Å². The number of nitrogens with one attached hydrogen (secondary N) is 1. The monoisotopic (exact) mass is 371 g/mol. The largest absolute Gasteiger partial charge is 0.459 e. The van der Waals surface area contributed by atoms with E-state index in [-0.39, 0.29) is 23.7 Å². The average molecular weight is 371 g/mol. The first-order chi connectivity index (χ1) is 13.1. The Morgan fingerprint density at radius 1 is 1.04 bits per heavy atom. The highest BCUT2D eigenvalue weighted by molar-refractivity contribution is 6.03. The minimum atomic E-state index is -0.382. The van der Waals surface area contributed by atoms with Gasteiger partial charge in [-0.1, -0.05) is 6.07 Å². The van der Waals surface area contributed by atoms with Gasteiger partial charge in [0, 0.05) is 37.4 Å². The molecule has 1 aliphatic heterocycles. The second kappa shape index (κ2) is 8.39. The minimum Gasteiger partial charge on any atom is -0.459 e. The lowest BCUT2D eigenvalue weighted by Crippen LogP contribution is -2.37. The first-order valence-electron chi connectivity index (χ1n) is 8.65. The van der Waals surface area contributed by atoms with Crippen molar-refractivity contribution in [3.05, 3.63) is 54.0 Å². The van der Waals surface area contributed by atoms with E-state index in [1.165, 1.54) is 13.4 Å². The van der Waals surface area contributed by atoms with Crippen molar-refractivity contribution >= 4 is 23.6 Å². The van der Waals surface area contributed by atoms with Crippen LogP contribution in [0.3, 0.4) is 0 Å². The number of nitrogens with zero attached hydrogens (tertiary/aromatic N) is 2. The van der Waals surface area contributed by atoms with E-state index in [4.69, 9.17) is 9.15 Å². The number of furan rings is 1. The molecule has 1 aromatic heterocycles. The predicted octanol–water partition coefficient (Wildman–Crippen LogP) is 2.45. The second-order valence-electron chi connectivity index (χ2n) is 6.12. The summed E-state index contributed by atoms with van der Waals surface area (Å²) in [5.74, 6) is -0.328. The number of benzene rings is 1. The molecular formula is C19H21N3O5. The minimum absolute atomic E-state index is 0.143. The van der Waals surface area contributed by atoms with Crippen molar-refractivity contribution in [3.8, 4) is 0 Å². The van der Waals surface area contributed by atoms with Gasteiger partial charge in [-0.2, -0.15) is 0 Å². The molecule has 8 heteroatoms. The molecule has 3 amide bonds. The number of anilines is 1. The summed E-state index contributed by atoms with van der Waals surface area (Å²) in [5, 5.41) is 2.71. The van der Waals surface area contributed by atoms with Gasteiger partial charge in [-0.25, -0.2) is 4.79 Å². The van der Waals surface area contributed by atoms with E-state index >= 15 is 0 Å². The van der Waals surface area contributed by atoms with Gasteiger partial charge in [-0.3, -0.25) is 9.59 Å². The fourth-order valence-electron chi connectivity index (χ4n) is 2.95. The van der Waals surface area contributed by atoms with Gasteiger partial charge in [-0.05, 0) is 36.8 Å². The first-order valence-corrected chi connectivity index (χ1v) is 8.65. The number of methoxy groups -OCH3 is 1. The maximum absolute atomic E-state index is 12.8. The van der Waals surface area contributed by atoms with Crippen LogP contribution in [0, 0.1) is 0 Å². The molecule has 1 aliphatic rings. The SMILES string of the molecule is COC(=O)N1CCCN(C(=O)c2cccc(NC(=O)c3ccco3)c2)CC1. The molecule has 0 atom stereocenters. The zero-order valence-electron chi connectivity index (χ0n) is 15.0. The maximum Gasteiger partial charge on any atom is 0.409 e. The van der Waals surface area contributed by atoms with Crippen LogP contribution < -0.4 is 5.32 Å². The van der Waals surface area contributed by atoms with Gasteiger partial charge in [0.1, 0.15) is 0 Å². The van der Waals surface area contributed by atoms with Crippen molar-refractivity contribution in [1.29, 1.82) is 0 Å². The van der Waals surface area contributed by atoms with Crippen LogP contribution in [0.15, 0.2) is 47.1 Å². The molecule has 2 heterocycles. The number of hydrogen-bond donors (Lipinski definition) is 1. The standard InChI is InChI=1S/C19H21N3O5/c1-26-19(25)22-9-4-8-21(10-11-22)18(24)14-5-2-6-15(13-14)20-17(23)16-7-3-12-27-16/h2-3,5-7,12-13H,4,8-11H2,1H3,(H,20,23). The first kappa shape index (κ1) is 18.5. The molecule has 2 aromatic rings. The van der Waals surface area contributed by atoms with Crippen LogP contribution in [0.2, 0.25) is 0 Å². The number of carbonyl (C=O) groups is 3. The quantitative estimate of drug-likeness (QED) is 0.895. The third-order valence-corrected chi connectivity index (χ3v) is 4.33. The zero-order chi connectivity index (χ0) is 19.2. The molecule has 142 valence electrons. The Hall–Kier alpha value is -3.29. The summed E-state index contributed by atoms with van der Waals surface area (Å²) in [7, 11) is 1.35. The van der Waals surface area contributed by atoms with Crippen molar-refractivity contribution in [2.45, 2.75) is 6.42 Å². The lowest BCUT2D eigenvalue weighted by atomic mass is 10.1. The summed E-state index contributed by atoms with van der Waals surface area (Å²) in [6.45, 7) is 1.95. The summed E-state index contributed by atoms with van der Waals surface area (Å²) < 4.78 is 9.81. The van der Waals surface area contributed by atoms with Crippen LogP contribution in [-0.4, -0.2) is 61.0 Å². The van der Waals surface area contributed by atoms with Crippen LogP contribution in [0.5, 0.6) is 0 Å². The van der Waals surface area contributed by atoms with Crippen LogP contribution in [0.1, 0.15) is 27.3 Å². The van der Waals surface area contributed by atoms with E-state index in [9.17, 15) is 14.4 Å². The highest BCUT2D eigenvalue weighted by Gasteiger charge is 2.23. The Balaban J connectivity index is 1.66. The van der Waals surface area contributed by atoms with Gasteiger partial charge in [0.2, 0.25) is 0 Å². The number of ether oxygens (including phenoxy) is 1. The van der Waals surface area contributed by atoms with E-state index in [1.54, 1.807) is 46.2 Å². The third-order valence-electron chi connectivity index (χ3n) is 4.33.